The molecule has 1 saturated carbocycles. The molecular formula is C21H22O7. The van der Waals surface area contributed by atoms with Crippen LogP contribution in [0.1, 0.15) is 25.3 Å². The zero-order chi connectivity index (χ0) is 20.3. The summed E-state index contributed by atoms with van der Waals surface area (Å²) in [5.41, 5.74) is 0.704. The van der Waals surface area contributed by atoms with Crippen molar-refractivity contribution in [1.82, 2.24) is 0 Å². The van der Waals surface area contributed by atoms with Crippen molar-refractivity contribution < 1.29 is 34.1 Å². The number of aromatic hydroxyl groups is 1. The summed E-state index contributed by atoms with van der Waals surface area (Å²) >= 11 is 0. The molecule has 1 aromatic rings. The second-order valence-electron chi connectivity index (χ2n) is 7.02. The largest absolute Gasteiger partial charge is 0.508 e. The molecule has 1 heterocycles. The summed E-state index contributed by atoms with van der Waals surface area (Å²) < 4.78 is 10.2. The molecule has 0 saturated heterocycles. The van der Waals surface area contributed by atoms with Crippen LogP contribution < -0.4 is 0 Å². The second kappa shape index (κ2) is 8.39. The Balaban J connectivity index is 1.48. The highest BCUT2D eigenvalue weighted by molar-refractivity contribution is 5.93. The number of cyclic esters (lactones) is 1. The maximum Gasteiger partial charge on any atom is 0.331 e. The Morgan fingerprint density at radius 3 is 2.68 bits per heavy atom. The van der Waals surface area contributed by atoms with Crippen LogP contribution in [0.15, 0.2) is 42.5 Å². The van der Waals surface area contributed by atoms with Crippen molar-refractivity contribution in [2.75, 3.05) is 0 Å². The highest BCUT2D eigenvalue weighted by Crippen LogP contribution is 2.44. The Labute approximate surface area is 162 Å². The first-order chi connectivity index (χ1) is 13.3. The number of hydrogen-bond donors (Lipinski definition) is 2. The third-order valence-electron chi connectivity index (χ3n) is 4.91. The Kier molecular flexibility index (Phi) is 5.94. The van der Waals surface area contributed by atoms with Gasteiger partial charge < -0.3 is 19.7 Å². The summed E-state index contributed by atoms with van der Waals surface area (Å²) in [6, 6.07) is 6.26. The number of carbonyl (C=O) groups excluding carboxylic acids is 3. The van der Waals surface area contributed by atoms with Crippen molar-refractivity contribution in [2.24, 2.45) is 11.8 Å². The number of Topliss-reactive ketones (excluding diaryl/α,β-unsaturated/α-hetero) is 1. The predicted molar refractivity (Wildman–Crippen MR) is 98.9 cm³/mol. The van der Waals surface area contributed by atoms with Gasteiger partial charge in [-0.1, -0.05) is 18.2 Å². The number of benzene rings is 1. The average molecular weight is 386 g/mol. The SMILES string of the molecule is C[C@@H](OC(=O)C=Cc1ccc(O)cc1)C(=O)[C@H]1C[C@@H]1[C@H](O)[C@H]1CC=CC(=O)O1. The number of aliphatic hydroxyl groups excluding tert-OH is 1. The van der Waals surface area contributed by atoms with E-state index < -0.39 is 36.2 Å². The molecule has 7 nitrogen and oxygen atoms in total. The maximum absolute atomic E-state index is 12.5. The van der Waals surface area contributed by atoms with Crippen LogP contribution in [0.25, 0.3) is 6.08 Å². The Bertz CT molecular complexity index is 809. The molecule has 0 bridgehead atoms. The number of rotatable bonds is 7. The van der Waals surface area contributed by atoms with E-state index in [4.69, 9.17) is 9.47 Å². The highest BCUT2D eigenvalue weighted by atomic mass is 16.6. The monoisotopic (exact) mass is 386 g/mol. The molecule has 0 aromatic heterocycles. The Morgan fingerprint density at radius 1 is 1.29 bits per heavy atom. The minimum atomic E-state index is -0.937. The van der Waals surface area contributed by atoms with Crippen LogP contribution in [0.3, 0.4) is 0 Å². The van der Waals surface area contributed by atoms with Gasteiger partial charge in [0, 0.05) is 24.5 Å². The number of esters is 2. The van der Waals surface area contributed by atoms with Gasteiger partial charge in [-0.15, -0.1) is 0 Å². The molecule has 3 rings (SSSR count). The van der Waals surface area contributed by atoms with Gasteiger partial charge in [0.1, 0.15) is 11.9 Å². The van der Waals surface area contributed by atoms with E-state index in [0.29, 0.717) is 18.4 Å². The molecule has 7 heteroatoms. The lowest BCUT2D eigenvalue weighted by molar-refractivity contribution is -0.152. The highest BCUT2D eigenvalue weighted by Gasteiger charge is 2.51. The first kappa shape index (κ1) is 19.8. The maximum atomic E-state index is 12.5. The first-order valence-corrected chi connectivity index (χ1v) is 9.12. The van der Waals surface area contributed by atoms with E-state index in [9.17, 15) is 24.6 Å². The van der Waals surface area contributed by atoms with Gasteiger partial charge >= 0.3 is 11.9 Å². The van der Waals surface area contributed by atoms with Crippen LogP contribution in [0.2, 0.25) is 0 Å². The molecule has 2 N–H and O–H groups in total. The van der Waals surface area contributed by atoms with Crippen molar-refractivity contribution in [3.05, 3.63) is 48.1 Å². The number of hydrogen-bond acceptors (Lipinski definition) is 7. The summed E-state index contributed by atoms with van der Waals surface area (Å²) in [4.78, 5) is 35.7. The lowest BCUT2D eigenvalue weighted by atomic mass is 10.0. The van der Waals surface area contributed by atoms with E-state index in [1.165, 1.54) is 37.3 Å². The molecule has 0 unspecified atom stereocenters. The average Bonchev–Trinajstić information content (AvgIpc) is 3.47. The second-order valence-corrected chi connectivity index (χ2v) is 7.02. The Morgan fingerprint density at radius 2 is 2.00 bits per heavy atom. The van der Waals surface area contributed by atoms with Gasteiger partial charge in [-0.05, 0) is 43.0 Å². The van der Waals surface area contributed by atoms with E-state index in [2.05, 4.69) is 0 Å². The summed E-state index contributed by atoms with van der Waals surface area (Å²) in [7, 11) is 0. The minimum Gasteiger partial charge on any atom is -0.508 e. The van der Waals surface area contributed by atoms with Crippen LogP contribution in [0, 0.1) is 11.8 Å². The molecule has 2 aliphatic rings. The Hall–Kier alpha value is -2.93. The quantitative estimate of drug-likeness (QED) is 0.543. The van der Waals surface area contributed by atoms with Crippen molar-refractivity contribution in [3.63, 3.8) is 0 Å². The summed E-state index contributed by atoms with van der Waals surface area (Å²) in [6.07, 6.45) is 4.08. The lowest BCUT2D eigenvalue weighted by Gasteiger charge is -2.24. The van der Waals surface area contributed by atoms with E-state index in [1.54, 1.807) is 18.2 Å². The van der Waals surface area contributed by atoms with Gasteiger partial charge in [0.15, 0.2) is 11.9 Å². The lowest BCUT2D eigenvalue weighted by Crippen LogP contribution is -2.35. The molecular weight excluding hydrogens is 364 g/mol. The molecule has 5 atom stereocenters. The van der Waals surface area contributed by atoms with Gasteiger partial charge in [-0.25, -0.2) is 9.59 Å². The molecule has 1 fully saturated rings. The number of phenols is 1. The molecule has 1 aromatic carbocycles. The fraction of sp³-hybridized carbons (Fsp3) is 0.381. The third-order valence-corrected chi connectivity index (χ3v) is 4.91. The fourth-order valence-corrected chi connectivity index (χ4v) is 3.26. The van der Waals surface area contributed by atoms with Gasteiger partial charge in [-0.2, -0.15) is 0 Å². The topological polar surface area (TPSA) is 110 Å². The summed E-state index contributed by atoms with van der Waals surface area (Å²) in [5.74, 6) is -2.00. The molecule has 148 valence electrons. The van der Waals surface area contributed by atoms with Gasteiger partial charge in [0.05, 0.1) is 6.10 Å². The minimum absolute atomic E-state index is 0.124. The number of phenolic OH excluding ortho intramolecular Hbond substituents is 1. The van der Waals surface area contributed by atoms with Gasteiger partial charge in [0.25, 0.3) is 0 Å². The third kappa shape index (κ3) is 4.86. The molecule has 1 aliphatic heterocycles. The molecule has 28 heavy (non-hydrogen) atoms. The standard InChI is InChI=1S/C21H22O7/c1-12(27-19(24)10-7-13-5-8-14(22)9-6-13)20(25)15-11-16(15)21(26)17-3-2-4-18(23)28-17/h2,4-10,12,15-17,21-22,26H,3,11H2,1H3/t12-,15+,16+,17-,21+/m1/s1. The number of aliphatic hydroxyl groups is 1. The van der Waals surface area contributed by atoms with E-state index >= 15 is 0 Å². The zero-order valence-electron chi connectivity index (χ0n) is 15.4. The van der Waals surface area contributed by atoms with E-state index in [1.807, 2.05) is 0 Å². The molecule has 1 aliphatic carbocycles. The van der Waals surface area contributed by atoms with E-state index in [-0.39, 0.29) is 17.5 Å². The number of ketones is 1. The van der Waals surface area contributed by atoms with Crippen LogP contribution in [0.5, 0.6) is 5.75 Å². The molecule has 0 radical (unpaired) electrons. The smallest absolute Gasteiger partial charge is 0.331 e. The normalized spacial score (nSPS) is 25.8. The first-order valence-electron chi connectivity index (χ1n) is 9.12. The van der Waals surface area contributed by atoms with Crippen LogP contribution in [0.4, 0.5) is 0 Å². The van der Waals surface area contributed by atoms with Crippen LogP contribution >= 0.6 is 0 Å². The molecule has 0 spiro atoms. The van der Waals surface area contributed by atoms with Crippen molar-refractivity contribution in [3.8, 4) is 5.75 Å². The van der Waals surface area contributed by atoms with Gasteiger partial charge in [0.2, 0.25) is 0 Å². The van der Waals surface area contributed by atoms with Crippen molar-refractivity contribution in [1.29, 1.82) is 0 Å². The number of ether oxygens (including phenoxy) is 2. The zero-order valence-corrected chi connectivity index (χ0v) is 15.4. The number of carbonyl (C=O) groups is 3. The summed E-state index contributed by atoms with van der Waals surface area (Å²) in [5, 5.41) is 19.6. The van der Waals surface area contributed by atoms with Crippen LogP contribution in [-0.2, 0) is 23.9 Å². The van der Waals surface area contributed by atoms with Gasteiger partial charge in [-0.3, -0.25) is 4.79 Å². The predicted octanol–water partition coefficient (Wildman–Crippen LogP) is 1.77. The van der Waals surface area contributed by atoms with Crippen LogP contribution in [-0.4, -0.2) is 46.2 Å². The fourth-order valence-electron chi connectivity index (χ4n) is 3.26. The van der Waals surface area contributed by atoms with E-state index in [0.717, 1.165) is 0 Å². The summed E-state index contributed by atoms with van der Waals surface area (Å²) in [6.45, 7) is 1.50. The molecule has 0 amide bonds. The van der Waals surface area contributed by atoms with Crippen molar-refractivity contribution >= 4 is 23.8 Å². The van der Waals surface area contributed by atoms with Crippen molar-refractivity contribution in [2.45, 2.75) is 38.1 Å².